The molecule has 2 rings (SSSR count). The molecule has 0 spiro atoms. The Kier molecular flexibility index (Phi) is 3.96. The summed E-state index contributed by atoms with van der Waals surface area (Å²) in [6, 6.07) is 9.81. The van der Waals surface area contributed by atoms with E-state index in [0.717, 1.165) is 0 Å². The van der Waals surface area contributed by atoms with E-state index in [1.165, 1.54) is 6.07 Å². The quantitative estimate of drug-likeness (QED) is 0.690. The number of benzene rings is 1. The highest BCUT2D eigenvalue weighted by atomic mass is 79.9. The van der Waals surface area contributed by atoms with E-state index < -0.39 is 4.92 Å². The lowest BCUT2D eigenvalue weighted by Gasteiger charge is -2.08. The van der Waals surface area contributed by atoms with E-state index in [2.05, 4.69) is 20.9 Å². The Morgan fingerprint density at radius 2 is 2.05 bits per heavy atom. The zero-order chi connectivity index (χ0) is 13.8. The van der Waals surface area contributed by atoms with E-state index in [9.17, 15) is 10.1 Å². The number of pyridine rings is 1. The lowest BCUT2D eigenvalue weighted by molar-refractivity contribution is -0.385. The average Bonchev–Trinajstić information content (AvgIpc) is 2.37. The van der Waals surface area contributed by atoms with Crippen LogP contribution in [-0.2, 0) is 6.61 Å². The Bertz CT molecular complexity index is 619. The molecule has 0 unspecified atom stereocenters. The van der Waals surface area contributed by atoms with Crippen LogP contribution in [0.3, 0.4) is 0 Å². The van der Waals surface area contributed by atoms with Gasteiger partial charge in [0.2, 0.25) is 0 Å². The van der Waals surface area contributed by atoms with Crippen molar-refractivity contribution >= 4 is 27.4 Å². The van der Waals surface area contributed by atoms with Gasteiger partial charge in [0.05, 0.1) is 10.6 Å². The van der Waals surface area contributed by atoms with E-state index in [4.69, 9.17) is 10.5 Å². The van der Waals surface area contributed by atoms with Crippen LogP contribution in [0.15, 0.2) is 40.9 Å². The molecular formula is C12H10BrN3O3. The summed E-state index contributed by atoms with van der Waals surface area (Å²) in [6.07, 6.45) is 0. The van der Waals surface area contributed by atoms with Gasteiger partial charge < -0.3 is 10.5 Å². The van der Waals surface area contributed by atoms with Crippen molar-refractivity contribution in [3.8, 4) is 5.75 Å². The lowest BCUT2D eigenvalue weighted by atomic mass is 10.3. The fourth-order valence-electron chi connectivity index (χ4n) is 1.48. The van der Waals surface area contributed by atoms with E-state index in [0.29, 0.717) is 21.7 Å². The van der Waals surface area contributed by atoms with Gasteiger partial charge in [0.25, 0.3) is 5.69 Å². The molecule has 0 amide bonds. The van der Waals surface area contributed by atoms with Crippen LogP contribution < -0.4 is 10.5 Å². The fourth-order valence-corrected chi connectivity index (χ4v) is 2.01. The van der Waals surface area contributed by atoms with Crippen molar-refractivity contribution in [1.82, 2.24) is 4.98 Å². The van der Waals surface area contributed by atoms with Crippen LogP contribution in [-0.4, -0.2) is 9.91 Å². The highest BCUT2D eigenvalue weighted by Gasteiger charge is 2.15. The summed E-state index contributed by atoms with van der Waals surface area (Å²) in [6.45, 7) is 0.185. The van der Waals surface area contributed by atoms with Gasteiger partial charge in [-0.2, -0.15) is 0 Å². The van der Waals surface area contributed by atoms with Crippen molar-refractivity contribution in [3.63, 3.8) is 0 Å². The fraction of sp³-hybridized carbons (Fsp3) is 0.0833. The number of rotatable bonds is 4. The van der Waals surface area contributed by atoms with Gasteiger partial charge in [0.15, 0.2) is 0 Å². The number of hydrogen-bond acceptors (Lipinski definition) is 5. The van der Waals surface area contributed by atoms with Gasteiger partial charge in [0.1, 0.15) is 22.6 Å². The number of nitro benzene ring substituents is 1. The predicted octanol–water partition coefficient (Wildman–Crippen LogP) is 2.91. The first-order valence-corrected chi connectivity index (χ1v) is 6.14. The summed E-state index contributed by atoms with van der Waals surface area (Å²) in [5.41, 5.74) is 6.16. The van der Waals surface area contributed by atoms with Crippen molar-refractivity contribution in [2.24, 2.45) is 0 Å². The molecule has 0 saturated heterocycles. The van der Waals surface area contributed by atoms with Gasteiger partial charge in [-0.1, -0.05) is 12.1 Å². The van der Waals surface area contributed by atoms with Gasteiger partial charge in [-0.25, -0.2) is 4.98 Å². The number of ether oxygens (including phenoxy) is 1. The molecule has 0 aliphatic carbocycles. The Morgan fingerprint density at radius 3 is 2.74 bits per heavy atom. The number of anilines is 1. The van der Waals surface area contributed by atoms with E-state index in [1.807, 2.05) is 0 Å². The molecule has 0 radical (unpaired) electrons. The Balaban J connectivity index is 2.16. The molecule has 98 valence electrons. The van der Waals surface area contributed by atoms with Crippen LogP contribution in [0.2, 0.25) is 0 Å². The number of nitrogens with zero attached hydrogens (tertiary/aromatic N) is 2. The molecule has 7 heteroatoms. The number of hydrogen-bond donors (Lipinski definition) is 1. The van der Waals surface area contributed by atoms with Crippen molar-refractivity contribution in [1.29, 1.82) is 0 Å². The van der Waals surface area contributed by atoms with Crippen LogP contribution >= 0.6 is 15.9 Å². The Hall–Kier alpha value is -2.15. The normalized spacial score (nSPS) is 10.2. The summed E-state index contributed by atoms with van der Waals surface area (Å²) < 4.78 is 5.81. The second-order valence-corrected chi connectivity index (χ2v) is 4.48. The third-order valence-electron chi connectivity index (χ3n) is 2.34. The highest BCUT2D eigenvalue weighted by Crippen LogP contribution is 2.34. The van der Waals surface area contributed by atoms with Gasteiger partial charge in [0, 0.05) is 6.07 Å². The summed E-state index contributed by atoms with van der Waals surface area (Å²) in [5, 5.41) is 10.8. The number of nitrogen functional groups attached to an aromatic ring is 1. The molecule has 1 heterocycles. The molecule has 0 bridgehead atoms. The van der Waals surface area contributed by atoms with E-state index in [-0.39, 0.29) is 12.3 Å². The monoisotopic (exact) mass is 323 g/mol. The number of nitrogens with two attached hydrogens (primary N) is 1. The van der Waals surface area contributed by atoms with Gasteiger partial charge in [-0.15, -0.1) is 0 Å². The number of halogens is 1. The molecule has 2 N–H and O–H groups in total. The van der Waals surface area contributed by atoms with Crippen molar-refractivity contribution in [3.05, 3.63) is 56.7 Å². The van der Waals surface area contributed by atoms with Gasteiger partial charge in [-0.05, 0) is 34.1 Å². The third-order valence-corrected chi connectivity index (χ3v) is 3.14. The largest absolute Gasteiger partial charge is 0.486 e. The first-order chi connectivity index (χ1) is 9.08. The first-order valence-electron chi connectivity index (χ1n) is 5.35. The minimum Gasteiger partial charge on any atom is -0.486 e. The van der Waals surface area contributed by atoms with Gasteiger partial charge in [-0.3, -0.25) is 10.1 Å². The number of nitro groups is 1. The standard InChI is InChI=1S/C12H10BrN3O3/c13-12-9(16(17)18)4-2-5-10(12)19-7-8-3-1-6-11(14)15-8/h1-6H,7H2,(H2,14,15). The smallest absolute Gasteiger partial charge is 0.287 e. The summed E-state index contributed by atoms with van der Waals surface area (Å²) >= 11 is 3.16. The minimum atomic E-state index is -0.476. The highest BCUT2D eigenvalue weighted by molar-refractivity contribution is 9.10. The minimum absolute atomic E-state index is 0.0435. The molecule has 0 saturated carbocycles. The van der Waals surface area contributed by atoms with E-state index in [1.54, 1.807) is 30.3 Å². The van der Waals surface area contributed by atoms with Crippen LogP contribution in [0.4, 0.5) is 11.5 Å². The molecular weight excluding hydrogens is 314 g/mol. The summed E-state index contributed by atoms with van der Waals surface area (Å²) in [5.74, 6) is 0.789. The average molecular weight is 324 g/mol. The molecule has 0 aliphatic rings. The van der Waals surface area contributed by atoms with Crippen LogP contribution in [0.1, 0.15) is 5.69 Å². The molecule has 0 aliphatic heterocycles. The van der Waals surface area contributed by atoms with E-state index >= 15 is 0 Å². The maximum absolute atomic E-state index is 10.8. The van der Waals surface area contributed by atoms with Gasteiger partial charge >= 0.3 is 0 Å². The van der Waals surface area contributed by atoms with Crippen LogP contribution in [0.25, 0.3) is 0 Å². The van der Waals surface area contributed by atoms with Crippen molar-refractivity contribution in [2.45, 2.75) is 6.61 Å². The Morgan fingerprint density at radius 1 is 1.32 bits per heavy atom. The van der Waals surface area contributed by atoms with Crippen molar-refractivity contribution < 1.29 is 9.66 Å². The number of aromatic nitrogens is 1. The molecule has 6 nitrogen and oxygen atoms in total. The van der Waals surface area contributed by atoms with Crippen molar-refractivity contribution in [2.75, 3.05) is 5.73 Å². The zero-order valence-corrected chi connectivity index (χ0v) is 11.3. The molecule has 19 heavy (non-hydrogen) atoms. The summed E-state index contributed by atoms with van der Waals surface area (Å²) in [7, 11) is 0. The maximum Gasteiger partial charge on any atom is 0.287 e. The maximum atomic E-state index is 10.8. The third kappa shape index (κ3) is 3.19. The summed E-state index contributed by atoms with van der Waals surface area (Å²) in [4.78, 5) is 14.4. The molecule has 1 aromatic carbocycles. The predicted molar refractivity (Wildman–Crippen MR) is 73.8 cm³/mol. The zero-order valence-electron chi connectivity index (χ0n) is 9.75. The first kappa shape index (κ1) is 13.3. The van der Waals surface area contributed by atoms with Crippen LogP contribution in [0.5, 0.6) is 5.75 Å². The second kappa shape index (κ2) is 5.66. The molecule has 0 fully saturated rings. The molecule has 1 aromatic heterocycles. The SMILES string of the molecule is Nc1cccc(COc2cccc([N+](=O)[O-])c2Br)n1. The molecule has 2 aromatic rings. The van der Waals surface area contributed by atoms with Crippen LogP contribution in [0, 0.1) is 10.1 Å². The lowest BCUT2D eigenvalue weighted by Crippen LogP contribution is -2.01. The Labute approximate surface area is 117 Å². The molecule has 0 atom stereocenters. The second-order valence-electron chi connectivity index (χ2n) is 3.69. The topological polar surface area (TPSA) is 91.3 Å².